The van der Waals surface area contributed by atoms with Crippen LogP contribution in [0.5, 0.6) is 5.75 Å². The molecule has 5 atom stereocenters. The number of fused-ring (bicyclic) bond motifs is 3. The Balaban J connectivity index is 1.37. The Morgan fingerprint density at radius 2 is 1.84 bits per heavy atom. The lowest BCUT2D eigenvalue weighted by atomic mass is 9.63. The molecule has 0 aromatic heterocycles. The van der Waals surface area contributed by atoms with Crippen molar-refractivity contribution in [3.05, 3.63) is 70.3 Å². The van der Waals surface area contributed by atoms with Gasteiger partial charge in [-0.15, -0.1) is 0 Å². The molecule has 1 saturated heterocycles. The number of ether oxygens (including phenoxy) is 2. The summed E-state index contributed by atoms with van der Waals surface area (Å²) in [5.41, 5.74) is 3.26. The third-order valence-corrected chi connectivity index (χ3v) is 14.6. The molecule has 51 heavy (non-hydrogen) atoms. The predicted octanol–water partition coefficient (Wildman–Crippen LogP) is 6.20. The van der Waals surface area contributed by atoms with Crippen molar-refractivity contribution in [2.24, 2.45) is 17.8 Å². The van der Waals surface area contributed by atoms with Crippen molar-refractivity contribution < 1.29 is 22.7 Å². The Morgan fingerprint density at radius 1 is 1.06 bits per heavy atom. The summed E-state index contributed by atoms with van der Waals surface area (Å²) in [6.45, 7) is 10.7. The number of anilines is 1. The van der Waals surface area contributed by atoms with Crippen molar-refractivity contribution in [2.75, 3.05) is 65.4 Å². The van der Waals surface area contributed by atoms with E-state index >= 15 is 0 Å². The van der Waals surface area contributed by atoms with E-state index in [9.17, 15) is 13.2 Å². The topological polar surface area (TPSA) is 91.4 Å². The third-order valence-electron chi connectivity index (χ3n) is 12.5. The Hall–Kier alpha value is -2.63. The van der Waals surface area contributed by atoms with Gasteiger partial charge in [0.05, 0.1) is 17.5 Å². The second kappa shape index (κ2) is 15.4. The lowest BCUT2D eigenvalue weighted by Crippen LogP contribution is -2.70. The molecule has 2 bridgehead atoms. The molecule has 4 aliphatic rings. The first-order valence-electron chi connectivity index (χ1n) is 18.7. The van der Waals surface area contributed by atoms with Gasteiger partial charge in [0.25, 0.3) is 5.91 Å². The van der Waals surface area contributed by atoms with E-state index in [4.69, 9.17) is 21.1 Å². The molecule has 1 aliphatic carbocycles. The zero-order valence-electron chi connectivity index (χ0n) is 31.3. The number of hydrogen-bond donors (Lipinski definition) is 1. The molecule has 1 N–H and O–H groups in total. The van der Waals surface area contributed by atoms with E-state index in [1.807, 2.05) is 32.2 Å². The maximum absolute atomic E-state index is 13.6. The minimum Gasteiger partial charge on any atom is -0.491 e. The summed E-state index contributed by atoms with van der Waals surface area (Å²) < 4.78 is 42.6. The molecule has 9 nitrogen and oxygen atoms in total. The number of sulfonamides is 1. The van der Waals surface area contributed by atoms with Crippen molar-refractivity contribution >= 4 is 33.2 Å². The summed E-state index contributed by atoms with van der Waals surface area (Å²) in [6.07, 6.45) is 10.7. The van der Waals surface area contributed by atoms with Crippen molar-refractivity contribution in [3.8, 4) is 5.75 Å². The first kappa shape index (κ1) is 38.1. The summed E-state index contributed by atoms with van der Waals surface area (Å²) in [5.74, 6) is 0.509. The Bertz CT molecular complexity index is 1710. The van der Waals surface area contributed by atoms with E-state index in [0.717, 1.165) is 82.0 Å². The molecule has 11 heteroatoms. The molecule has 0 spiro atoms. The van der Waals surface area contributed by atoms with Gasteiger partial charge in [-0.25, -0.2) is 13.1 Å². The number of allylic oxidation sites excluding steroid dienone is 1. The first-order valence-corrected chi connectivity index (χ1v) is 20.6. The molecule has 0 radical (unpaired) electrons. The first-order chi connectivity index (χ1) is 24.2. The SMILES string of the molecule is CO[C@@]1(CN2CC(C)(N(C)C)C2)/C=C/C[C@H](C)[C@@H](C)S(=O)(=O)NC(=O)c2ccc3c(c2)N(CCCCc2cc(Cl)ccc2CCO3)C[C@@H]2CC[C@H]21. The van der Waals surface area contributed by atoms with E-state index in [1.165, 1.54) is 11.1 Å². The molecule has 2 fully saturated rings. The number of nitrogens with zero attached hydrogens (tertiary/aromatic N) is 3. The average Bonchev–Trinajstić information content (AvgIpc) is 3.05. The van der Waals surface area contributed by atoms with Gasteiger partial charge in [0.2, 0.25) is 10.0 Å². The molecule has 6 rings (SSSR count). The number of rotatable bonds is 4. The van der Waals surface area contributed by atoms with Crippen LogP contribution in [0.2, 0.25) is 5.02 Å². The van der Waals surface area contributed by atoms with Gasteiger partial charge >= 0.3 is 0 Å². The molecular formula is C40H57ClN4O5S. The summed E-state index contributed by atoms with van der Waals surface area (Å²) in [5, 5.41) is -0.0215. The number of nitrogens with one attached hydrogen (secondary N) is 1. The Morgan fingerprint density at radius 3 is 2.55 bits per heavy atom. The average molecular weight is 741 g/mol. The van der Waals surface area contributed by atoms with E-state index in [2.05, 4.69) is 64.7 Å². The number of likely N-dealkylation sites (tertiary alicyclic amines) is 1. The number of hydrogen-bond acceptors (Lipinski definition) is 8. The number of carbonyl (C=O) groups is 1. The third kappa shape index (κ3) is 8.15. The molecule has 0 unspecified atom stereocenters. The number of likely N-dealkylation sites (N-methyl/N-ethyl adjacent to an activating group) is 1. The predicted molar refractivity (Wildman–Crippen MR) is 205 cm³/mol. The molecule has 2 aromatic rings. The van der Waals surface area contributed by atoms with E-state index in [1.54, 1.807) is 13.0 Å². The molecule has 280 valence electrons. The van der Waals surface area contributed by atoms with Gasteiger partial charge in [0, 0.05) is 62.4 Å². The number of amides is 1. The van der Waals surface area contributed by atoms with Crippen LogP contribution in [0.25, 0.3) is 0 Å². The second-order valence-corrected chi connectivity index (χ2v) is 18.5. The molecule has 2 aromatic carbocycles. The van der Waals surface area contributed by atoms with Crippen molar-refractivity contribution in [3.63, 3.8) is 0 Å². The van der Waals surface area contributed by atoms with Gasteiger partial charge < -0.3 is 19.3 Å². The van der Waals surface area contributed by atoms with Gasteiger partial charge in [-0.3, -0.25) is 9.69 Å². The number of benzene rings is 2. The van der Waals surface area contributed by atoms with Crippen molar-refractivity contribution in [1.82, 2.24) is 14.5 Å². The number of halogens is 1. The van der Waals surface area contributed by atoms with Gasteiger partial charge in [0.1, 0.15) is 11.4 Å². The fraction of sp³-hybridized carbons (Fsp3) is 0.625. The fourth-order valence-electron chi connectivity index (χ4n) is 8.51. The van der Waals surface area contributed by atoms with E-state index < -0.39 is 26.8 Å². The minimum absolute atomic E-state index is 0.130. The summed E-state index contributed by atoms with van der Waals surface area (Å²) in [4.78, 5) is 20.8. The van der Waals surface area contributed by atoms with E-state index in [-0.39, 0.29) is 17.4 Å². The van der Waals surface area contributed by atoms with Crippen LogP contribution in [0, 0.1) is 17.8 Å². The minimum atomic E-state index is -3.94. The molecule has 1 saturated carbocycles. The summed E-state index contributed by atoms with van der Waals surface area (Å²) in [6, 6.07) is 11.5. The van der Waals surface area contributed by atoms with Gasteiger partial charge in [0.15, 0.2) is 0 Å². The monoisotopic (exact) mass is 740 g/mol. The highest BCUT2D eigenvalue weighted by atomic mass is 35.5. The Kier molecular flexibility index (Phi) is 11.5. The maximum Gasteiger partial charge on any atom is 0.264 e. The largest absolute Gasteiger partial charge is 0.491 e. The number of methoxy groups -OCH3 is 1. The summed E-state index contributed by atoms with van der Waals surface area (Å²) >= 11 is 6.41. The van der Waals surface area contributed by atoms with Crippen LogP contribution in [0.15, 0.2) is 48.6 Å². The summed E-state index contributed by atoms with van der Waals surface area (Å²) in [7, 11) is 2.19. The number of aryl methyl sites for hydroxylation is 1. The van der Waals surface area contributed by atoms with Crippen molar-refractivity contribution in [1.29, 1.82) is 0 Å². The molecule has 3 aliphatic heterocycles. The number of carbonyl (C=O) groups excluding carboxylic acids is 1. The van der Waals surface area contributed by atoms with Crippen LogP contribution < -0.4 is 14.4 Å². The highest BCUT2D eigenvalue weighted by Gasteiger charge is 2.51. The van der Waals surface area contributed by atoms with Gasteiger partial charge in [-0.2, -0.15) is 0 Å². The highest BCUT2D eigenvalue weighted by Crippen LogP contribution is 2.47. The lowest BCUT2D eigenvalue weighted by molar-refractivity contribution is -0.120. The zero-order valence-corrected chi connectivity index (χ0v) is 32.9. The van der Waals surface area contributed by atoms with Crippen LogP contribution in [-0.4, -0.2) is 101 Å². The van der Waals surface area contributed by atoms with Crippen LogP contribution in [0.3, 0.4) is 0 Å². The lowest BCUT2D eigenvalue weighted by Gasteiger charge is -2.57. The zero-order chi connectivity index (χ0) is 36.6. The van der Waals surface area contributed by atoms with Gasteiger partial charge in [-0.1, -0.05) is 36.7 Å². The quantitative estimate of drug-likeness (QED) is 0.371. The fourth-order valence-corrected chi connectivity index (χ4v) is 9.99. The molecule has 1 amide bonds. The van der Waals surface area contributed by atoms with Gasteiger partial charge in [-0.05, 0) is 126 Å². The standard InChI is InChI=1S/C40H57ClN4O5S/c1-28-10-9-19-40(49-6,27-44-25-39(3,26-44)43(4)5)35-16-13-33(35)24-45-20-8-7-11-31-22-34(41)15-12-30(31)18-21-50-37-17-14-32(23-36(37)45)38(46)42-51(47,48)29(28)2/h9,12,14-15,17,19,22-23,28-29,33,35H,7-8,10-11,13,16,18,20-21,24-27H2,1-6H3,(H,42,46)/b19-9+/t28-,29+,33-,35+,40+/m0/s1. The highest BCUT2D eigenvalue weighted by molar-refractivity contribution is 7.90. The normalized spacial score (nSPS) is 30.6. The maximum atomic E-state index is 13.6. The van der Waals surface area contributed by atoms with Crippen LogP contribution in [0.1, 0.15) is 74.4 Å². The van der Waals surface area contributed by atoms with Crippen molar-refractivity contribution in [2.45, 2.75) is 82.1 Å². The van der Waals surface area contributed by atoms with Crippen LogP contribution >= 0.6 is 11.6 Å². The smallest absolute Gasteiger partial charge is 0.264 e. The van der Waals surface area contributed by atoms with Crippen LogP contribution in [0.4, 0.5) is 5.69 Å². The molecular weight excluding hydrogens is 684 g/mol. The van der Waals surface area contributed by atoms with E-state index in [0.29, 0.717) is 30.3 Å². The Labute approximate surface area is 310 Å². The van der Waals surface area contributed by atoms with Crippen LogP contribution in [-0.2, 0) is 27.6 Å². The molecule has 3 heterocycles. The second-order valence-electron chi connectivity index (χ2n) is 16.0.